The third kappa shape index (κ3) is 15.6. The lowest BCUT2D eigenvalue weighted by Gasteiger charge is -2.18. The number of carbonyl (C=O) groups excluding carboxylic acids is 5. The van der Waals surface area contributed by atoms with E-state index >= 15 is 17.6 Å². The molecule has 10 aliphatic rings. The fourth-order valence-electron chi connectivity index (χ4n) is 18.7. The van der Waals surface area contributed by atoms with Crippen molar-refractivity contribution in [1.29, 1.82) is 0 Å². The molecule has 0 N–H and O–H groups in total. The summed E-state index contributed by atoms with van der Waals surface area (Å²) in [4.78, 5) is 89.9. The Kier molecular flexibility index (Phi) is 22.1. The van der Waals surface area contributed by atoms with Gasteiger partial charge in [0.05, 0.1) is 35.5 Å². The number of rotatable bonds is 14. The molecule has 0 bridgehead atoms. The van der Waals surface area contributed by atoms with Crippen LogP contribution in [-0.4, -0.2) is 103 Å². The standard InChI is InChI=1S/C21H14F4IN3O.C21H15F4N3O.C20H13F4N3O2.C20H19F2N5O.C17H10F5N5O/c1-20(24,25)13-4-2-11(3-5-13)12-8-14(22)17(15(23)9-12)28-18(30)21(6-7-21)29-16(26)10-27-19(28)29;1-20(24,25)14-4-2-12(3-5-14)13-10-15(22)17(16(23)11-13)28-18(29)21(6-7-21)27-9-8-26-19(27)28;21-14-9-12(11-1-3-13(4-2-11)29-18(23)24)10-15(22)16(14)27-17(28)20(5-6-20)26-8-7-25-19(26)27;1-19(2,3)12-10-24-26(11-12)13-8-14(21)16(15(22)9-13)27-17(28)20(4-5-20)25-7-6-23-18(25)27;18-11-5-10(26-8-9(7-24-26)17(20,21)22)6-12(19)13(11)27-14(28)16(1-2-16)25-4-3-23-15(25)27/h2-5,8-10H,6-7H2,1H3;2-5,8-11H,6-7H2,1H3;1-4,7-10,18H,5-6H2;6-11H,4-5H2,1-3H3;3-8H,1-2H2. The first-order chi connectivity index (χ1) is 68.2. The van der Waals surface area contributed by atoms with Crippen LogP contribution in [0.4, 0.5) is 142 Å². The number of nitrogens with zero attached hydrogens (tertiary/aromatic N) is 19. The van der Waals surface area contributed by atoms with Gasteiger partial charge in [0.25, 0.3) is 41.4 Å². The largest absolute Gasteiger partial charge is 0.435 e. The quantitative estimate of drug-likeness (QED) is 0.0728. The monoisotopic (exact) mass is 2110 g/mol. The van der Waals surface area contributed by atoms with E-state index in [0.29, 0.717) is 98.0 Å². The van der Waals surface area contributed by atoms with Crippen molar-refractivity contribution >= 4 is 110 Å². The number of aromatic nitrogens is 14. The van der Waals surface area contributed by atoms with Gasteiger partial charge in [-0.2, -0.15) is 32.1 Å². The van der Waals surface area contributed by atoms with Crippen LogP contribution in [0.15, 0.2) is 214 Å². The SMILES string of the molecule is CC(C)(C)c1cnn(-c2cc(F)c(N3C(=O)C4(CC4)n4ccnc43)c(F)c2)c1.CC(F)(F)c1ccc(-c2cc(F)c(N3C(=O)C4(CC4)n4c(I)cnc43)c(F)c2)cc1.CC(F)(F)c1ccc(-c2cc(F)c(N3C(=O)C4(CC4)n4ccnc43)c(F)c2)cc1.O=C1N(c2c(F)cc(-c3ccc(OC(F)F)cc3)cc2F)c2nccn2C12CC2.O=C1N(c2c(F)cc(-n3cc(C(F)(F)F)cn3)cc2F)c2nccn2C12CC2. The molecule has 738 valence electrons. The van der Waals surface area contributed by atoms with E-state index in [-0.39, 0.29) is 86.0 Å². The van der Waals surface area contributed by atoms with Gasteiger partial charge in [-0.05, 0) is 180 Å². The molecule has 5 amide bonds. The summed E-state index contributed by atoms with van der Waals surface area (Å²) in [6.45, 7) is 4.70. The molecule has 5 spiro atoms. The van der Waals surface area contributed by atoms with E-state index in [2.05, 4.69) is 39.9 Å². The lowest BCUT2D eigenvalue weighted by molar-refractivity contribution is -0.137. The summed E-state index contributed by atoms with van der Waals surface area (Å²) in [5.41, 5.74) is -5.28. The molecule has 45 heteroatoms. The highest BCUT2D eigenvalue weighted by molar-refractivity contribution is 14.1. The third-order valence-corrected chi connectivity index (χ3v) is 27.8. The Morgan fingerprint density at radius 3 is 0.847 bits per heavy atom. The van der Waals surface area contributed by atoms with Gasteiger partial charge in [0.1, 0.15) is 65.6 Å². The average Bonchev–Trinajstić information content (AvgIpc) is 1.67. The second-order valence-electron chi connectivity index (χ2n) is 37.3. The normalized spacial score (nSPS) is 17.1. The van der Waals surface area contributed by atoms with E-state index in [1.54, 1.807) is 66.2 Å². The molecule has 25 rings (SSSR count). The number of carbonyl (C=O) groups is 5. The van der Waals surface area contributed by atoms with Gasteiger partial charge < -0.3 is 23.0 Å². The van der Waals surface area contributed by atoms with E-state index < -0.39 is 168 Å². The van der Waals surface area contributed by atoms with Crippen LogP contribution < -0.4 is 29.2 Å². The lowest BCUT2D eigenvalue weighted by atomic mass is 9.90. The van der Waals surface area contributed by atoms with Gasteiger partial charge in [0, 0.05) is 111 Å². The molecule has 7 aromatic heterocycles. The van der Waals surface area contributed by atoms with Gasteiger partial charge in [-0.1, -0.05) is 81.4 Å². The maximum atomic E-state index is 15.1. The van der Waals surface area contributed by atoms with Crippen LogP contribution in [-0.2, 0) is 75.1 Å². The molecule has 8 aromatic carbocycles. The van der Waals surface area contributed by atoms with Crippen molar-refractivity contribution in [3.05, 3.63) is 298 Å². The molecule has 0 atom stereocenters. The van der Waals surface area contributed by atoms with Crippen LogP contribution >= 0.6 is 22.6 Å². The minimum Gasteiger partial charge on any atom is -0.435 e. The third-order valence-electron chi connectivity index (χ3n) is 27.0. The van der Waals surface area contributed by atoms with Crippen LogP contribution in [0, 0.1) is 61.9 Å². The van der Waals surface area contributed by atoms with Crippen molar-refractivity contribution in [2.45, 2.75) is 157 Å². The fraction of sp³-hybridized carbons (Fsp3) is 0.253. The summed E-state index contributed by atoms with van der Waals surface area (Å²) < 4.78 is 281. The first-order valence-corrected chi connectivity index (χ1v) is 45.6. The van der Waals surface area contributed by atoms with Gasteiger partial charge in [-0.3, -0.25) is 28.5 Å². The van der Waals surface area contributed by atoms with E-state index in [1.807, 2.05) is 43.4 Å². The van der Waals surface area contributed by atoms with Gasteiger partial charge in [-0.15, -0.1) is 0 Å². The summed E-state index contributed by atoms with van der Waals surface area (Å²) in [5.74, 6) is -16.6. The molecule has 25 nitrogen and oxygen atoms in total. The Balaban J connectivity index is 0.000000106. The van der Waals surface area contributed by atoms with Crippen LogP contribution in [0.1, 0.15) is 121 Å². The zero-order valence-corrected chi connectivity index (χ0v) is 77.5. The van der Waals surface area contributed by atoms with Crippen molar-refractivity contribution in [2.24, 2.45) is 0 Å². The number of imidazole rings is 5. The number of halogens is 20. The molecule has 144 heavy (non-hydrogen) atoms. The summed E-state index contributed by atoms with van der Waals surface area (Å²) in [6, 6.07) is 26.4. The molecule has 12 heterocycles. The number of alkyl halides is 9. The van der Waals surface area contributed by atoms with Gasteiger partial charge in [-0.25, -0.2) is 120 Å². The molecule has 5 fully saturated rings. The maximum Gasteiger partial charge on any atom is 0.419 e. The van der Waals surface area contributed by atoms with E-state index in [9.17, 15) is 89.8 Å². The Bertz CT molecular complexity index is 7530. The Morgan fingerprint density at radius 2 is 0.590 bits per heavy atom. The summed E-state index contributed by atoms with van der Waals surface area (Å²) in [5, 5.41) is 7.73. The Labute approximate surface area is 815 Å². The van der Waals surface area contributed by atoms with Crippen LogP contribution in [0.2, 0.25) is 0 Å². The second kappa shape index (κ2) is 33.5. The number of ether oxygens (including phenoxy) is 1. The number of fused-ring (bicyclic) bond motifs is 10. The summed E-state index contributed by atoms with van der Waals surface area (Å²) in [6.07, 6.45) is 20.0. The first kappa shape index (κ1) is 95.0. The fourth-order valence-corrected chi connectivity index (χ4v) is 19.6. The molecular weight excluding hydrogens is 2040 g/mol. The van der Waals surface area contributed by atoms with Crippen molar-refractivity contribution in [3.8, 4) is 50.5 Å². The van der Waals surface area contributed by atoms with Crippen molar-refractivity contribution in [2.75, 3.05) is 24.5 Å². The zero-order valence-electron chi connectivity index (χ0n) is 75.4. The molecule has 5 aliphatic heterocycles. The molecule has 0 saturated heterocycles. The number of anilines is 10. The highest BCUT2D eigenvalue weighted by Gasteiger charge is 2.66. The van der Waals surface area contributed by atoms with Crippen LogP contribution in [0.5, 0.6) is 5.75 Å². The van der Waals surface area contributed by atoms with Crippen molar-refractivity contribution < 1.29 is 112 Å². The number of hydrogen-bond donors (Lipinski definition) is 0. The molecule has 5 saturated carbocycles. The number of hydrogen-bond acceptors (Lipinski definition) is 13. The predicted octanol–water partition coefficient (Wildman–Crippen LogP) is 22.8. The second-order valence-corrected chi connectivity index (χ2v) is 38.4. The van der Waals surface area contributed by atoms with Crippen LogP contribution in [0.25, 0.3) is 44.8 Å². The summed E-state index contributed by atoms with van der Waals surface area (Å²) in [7, 11) is 0. The topological polar surface area (TPSA) is 236 Å². The zero-order chi connectivity index (χ0) is 102. The summed E-state index contributed by atoms with van der Waals surface area (Å²) >= 11 is 2.04. The molecular formula is C99H71F19IN19O6. The first-order valence-electron chi connectivity index (χ1n) is 44.5. The maximum absolute atomic E-state index is 15.1. The van der Waals surface area contributed by atoms with Gasteiger partial charge in [0.15, 0.2) is 58.2 Å². The van der Waals surface area contributed by atoms with E-state index in [4.69, 9.17) is 0 Å². The number of amides is 5. The highest BCUT2D eigenvalue weighted by atomic mass is 127. The molecule has 5 aliphatic carbocycles. The van der Waals surface area contributed by atoms with Crippen LogP contribution in [0.3, 0.4) is 0 Å². The molecule has 15 aromatic rings. The molecule has 0 radical (unpaired) electrons. The Morgan fingerprint density at radius 1 is 0.326 bits per heavy atom. The average molecular weight is 2110 g/mol. The van der Waals surface area contributed by atoms with Gasteiger partial charge in [0.2, 0.25) is 29.7 Å². The number of benzene rings is 8. The lowest BCUT2D eigenvalue weighted by Crippen LogP contribution is -2.31. The van der Waals surface area contributed by atoms with Crippen molar-refractivity contribution in [1.82, 2.24) is 67.3 Å². The minimum atomic E-state index is -4.63. The van der Waals surface area contributed by atoms with E-state index in [1.165, 1.54) is 114 Å². The van der Waals surface area contributed by atoms with E-state index in [0.717, 1.165) is 96.1 Å². The van der Waals surface area contributed by atoms with Crippen molar-refractivity contribution in [3.63, 3.8) is 0 Å². The van der Waals surface area contributed by atoms with Gasteiger partial charge >= 0.3 is 12.8 Å². The minimum absolute atomic E-state index is 0.0643. The molecule has 0 unspecified atom stereocenters. The predicted molar refractivity (Wildman–Crippen MR) is 487 cm³/mol. The Hall–Kier alpha value is -15.2. The highest BCUT2D eigenvalue weighted by Crippen LogP contribution is 2.61. The smallest absolute Gasteiger partial charge is 0.419 e.